The minimum atomic E-state index is -0.436. The predicted molar refractivity (Wildman–Crippen MR) is 83.8 cm³/mol. The maximum absolute atomic E-state index is 10.8. The number of rotatable bonds is 4. The van der Waals surface area contributed by atoms with Crippen molar-refractivity contribution in [1.82, 2.24) is 15.0 Å². The molecule has 2 N–H and O–H groups in total. The van der Waals surface area contributed by atoms with Crippen LogP contribution in [0.2, 0.25) is 0 Å². The van der Waals surface area contributed by atoms with Crippen molar-refractivity contribution in [2.24, 2.45) is 0 Å². The molecule has 0 fully saturated rings. The Morgan fingerprint density at radius 3 is 2.82 bits per heavy atom. The zero-order valence-electron chi connectivity index (χ0n) is 12.3. The van der Waals surface area contributed by atoms with Crippen molar-refractivity contribution >= 4 is 22.5 Å². The van der Waals surface area contributed by atoms with Crippen LogP contribution < -0.4 is 5.32 Å². The topological polar surface area (TPSA) is 96.7 Å². The van der Waals surface area contributed by atoms with Gasteiger partial charge in [-0.3, -0.25) is 10.1 Å². The normalized spacial score (nSPS) is 10.8. The number of nitro groups is 1. The maximum atomic E-state index is 10.8. The number of fused-ring (bicyclic) bond motifs is 1. The van der Waals surface area contributed by atoms with E-state index in [2.05, 4.69) is 20.3 Å². The molecular formula is C15H15N5O2. The standard InChI is InChI=1S/C15H15N5O2/c1-9-4-3-5-11-15(9)19-14(18-11)8-17-13-6-10(2)12(7-16-13)20(21)22/h3-7H,8H2,1-2H3,(H,16,17)(H,18,19). The maximum Gasteiger partial charge on any atom is 0.290 e. The van der Waals surface area contributed by atoms with Crippen LogP contribution >= 0.6 is 0 Å². The molecule has 22 heavy (non-hydrogen) atoms. The van der Waals surface area contributed by atoms with Crippen LogP contribution in [0.15, 0.2) is 30.5 Å². The number of hydrogen-bond donors (Lipinski definition) is 2. The van der Waals surface area contributed by atoms with Crippen molar-refractivity contribution in [3.8, 4) is 0 Å². The first kappa shape index (κ1) is 14.0. The molecule has 7 nitrogen and oxygen atoms in total. The Hall–Kier alpha value is -2.96. The fourth-order valence-electron chi connectivity index (χ4n) is 2.32. The Morgan fingerprint density at radius 1 is 1.32 bits per heavy atom. The van der Waals surface area contributed by atoms with Crippen molar-refractivity contribution < 1.29 is 4.92 Å². The van der Waals surface area contributed by atoms with Crippen molar-refractivity contribution in [2.75, 3.05) is 5.32 Å². The summed E-state index contributed by atoms with van der Waals surface area (Å²) in [4.78, 5) is 22.2. The molecule has 0 aliphatic rings. The van der Waals surface area contributed by atoms with E-state index < -0.39 is 4.92 Å². The lowest BCUT2D eigenvalue weighted by Crippen LogP contribution is -2.04. The lowest BCUT2D eigenvalue weighted by Gasteiger charge is -2.04. The Kier molecular flexibility index (Phi) is 3.46. The van der Waals surface area contributed by atoms with Crippen LogP contribution in [0, 0.1) is 24.0 Å². The van der Waals surface area contributed by atoms with Crippen molar-refractivity contribution in [2.45, 2.75) is 20.4 Å². The first-order valence-electron chi connectivity index (χ1n) is 6.83. The van der Waals surface area contributed by atoms with Crippen molar-refractivity contribution in [3.05, 3.63) is 57.5 Å². The third-order valence-corrected chi connectivity index (χ3v) is 3.48. The molecular weight excluding hydrogens is 282 g/mol. The number of para-hydroxylation sites is 1. The highest BCUT2D eigenvalue weighted by Crippen LogP contribution is 2.20. The quantitative estimate of drug-likeness (QED) is 0.569. The van der Waals surface area contributed by atoms with Gasteiger partial charge < -0.3 is 10.3 Å². The van der Waals surface area contributed by atoms with Gasteiger partial charge in [-0.05, 0) is 31.5 Å². The third kappa shape index (κ3) is 2.60. The summed E-state index contributed by atoms with van der Waals surface area (Å²) in [7, 11) is 0. The van der Waals surface area contributed by atoms with Gasteiger partial charge in [0, 0.05) is 5.56 Å². The van der Waals surface area contributed by atoms with E-state index in [0.717, 1.165) is 22.4 Å². The van der Waals surface area contributed by atoms with Crippen molar-refractivity contribution in [3.63, 3.8) is 0 Å². The summed E-state index contributed by atoms with van der Waals surface area (Å²) in [6.45, 7) is 4.18. The zero-order valence-corrected chi connectivity index (χ0v) is 12.3. The van der Waals surface area contributed by atoms with E-state index in [4.69, 9.17) is 0 Å². The van der Waals surface area contributed by atoms with E-state index in [0.29, 0.717) is 17.9 Å². The molecule has 3 rings (SSSR count). The average molecular weight is 297 g/mol. The minimum absolute atomic E-state index is 0.0184. The van der Waals surface area contributed by atoms with E-state index in [9.17, 15) is 10.1 Å². The second-order valence-electron chi connectivity index (χ2n) is 5.12. The molecule has 0 bridgehead atoms. The average Bonchev–Trinajstić information content (AvgIpc) is 2.89. The first-order valence-corrected chi connectivity index (χ1v) is 6.83. The molecule has 2 aromatic heterocycles. The summed E-state index contributed by atoms with van der Waals surface area (Å²) in [6, 6.07) is 7.63. The van der Waals surface area contributed by atoms with Gasteiger partial charge in [0.15, 0.2) is 0 Å². The van der Waals surface area contributed by atoms with Gasteiger partial charge in [-0.2, -0.15) is 0 Å². The monoisotopic (exact) mass is 297 g/mol. The van der Waals surface area contributed by atoms with Crippen LogP contribution in [0.1, 0.15) is 17.0 Å². The number of imidazole rings is 1. The van der Waals surface area contributed by atoms with E-state index in [1.807, 2.05) is 25.1 Å². The molecule has 3 aromatic rings. The molecule has 0 unspecified atom stereocenters. The zero-order chi connectivity index (χ0) is 15.7. The second-order valence-corrected chi connectivity index (χ2v) is 5.12. The molecule has 2 heterocycles. The number of benzene rings is 1. The van der Waals surface area contributed by atoms with Gasteiger partial charge in [0.2, 0.25) is 0 Å². The van der Waals surface area contributed by atoms with Crippen LogP contribution in [-0.2, 0) is 6.54 Å². The Morgan fingerprint density at radius 2 is 2.14 bits per heavy atom. The van der Waals surface area contributed by atoms with Crippen LogP contribution in [0.5, 0.6) is 0 Å². The van der Waals surface area contributed by atoms with Crippen molar-refractivity contribution in [1.29, 1.82) is 0 Å². The summed E-state index contributed by atoms with van der Waals surface area (Å²) in [5, 5.41) is 13.9. The number of aryl methyl sites for hydroxylation is 2. The molecule has 0 radical (unpaired) electrons. The highest BCUT2D eigenvalue weighted by atomic mass is 16.6. The summed E-state index contributed by atoms with van der Waals surface area (Å²) in [5.41, 5.74) is 3.65. The molecule has 0 saturated heterocycles. The Labute approximate surface area is 126 Å². The molecule has 0 saturated carbocycles. The smallest absolute Gasteiger partial charge is 0.290 e. The van der Waals surface area contributed by atoms with Gasteiger partial charge >= 0.3 is 0 Å². The molecule has 0 amide bonds. The largest absolute Gasteiger partial charge is 0.363 e. The first-order chi connectivity index (χ1) is 10.5. The molecule has 0 atom stereocenters. The van der Waals surface area contributed by atoms with Gasteiger partial charge in [0.25, 0.3) is 5.69 Å². The lowest BCUT2D eigenvalue weighted by molar-refractivity contribution is -0.385. The number of nitrogens with one attached hydrogen (secondary N) is 2. The molecule has 7 heteroatoms. The molecule has 1 aromatic carbocycles. The number of H-pyrrole nitrogens is 1. The number of aromatic amines is 1. The predicted octanol–water partition coefficient (Wildman–Crippen LogP) is 3.10. The fraction of sp³-hybridized carbons (Fsp3) is 0.200. The van der Waals surface area contributed by atoms with Crippen LogP contribution in [0.4, 0.5) is 11.5 Å². The Balaban J connectivity index is 1.78. The highest BCUT2D eigenvalue weighted by molar-refractivity contribution is 5.78. The highest BCUT2D eigenvalue weighted by Gasteiger charge is 2.11. The molecule has 0 aliphatic carbocycles. The van der Waals surface area contributed by atoms with Gasteiger partial charge in [-0.1, -0.05) is 12.1 Å². The molecule has 112 valence electrons. The number of nitrogens with zero attached hydrogens (tertiary/aromatic N) is 3. The molecule has 0 spiro atoms. The Bertz CT molecular complexity index is 856. The summed E-state index contributed by atoms with van der Waals surface area (Å²) >= 11 is 0. The third-order valence-electron chi connectivity index (χ3n) is 3.48. The van der Waals surface area contributed by atoms with Gasteiger partial charge in [0.1, 0.15) is 17.8 Å². The van der Waals surface area contributed by atoms with Gasteiger partial charge in [-0.25, -0.2) is 9.97 Å². The van der Waals surface area contributed by atoms with Gasteiger partial charge in [-0.15, -0.1) is 0 Å². The molecule has 0 aliphatic heterocycles. The number of pyridine rings is 1. The summed E-state index contributed by atoms with van der Waals surface area (Å²) in [6.07, 6.45) is 1.26. The number of hydrogen-bond acceptors (Lipinski definition) is 5. The summed E-state index contributed by atoms with van der Waals surface area (Å²) in [5.74, 6) is 1.38. The lowest BCUT2D eigenvalue weighted by atomic mass is 10.2. The van der Waals surface area contributed by atoms with E-state index in [1.54, 1.807) is 13.0 Å². The van der Waals surface area contributed by atoms with E-state index >= 15 is 0 Å². The van der Waals surface area contributed by atoms with E-state index in [-0.39, 0.29) is 5.69 Å². The minimum Gasteiger partial charge on any atom is -0.363 e. The van der Waals surface area contributed by atoms with E-state index in [1.165, 1.54) is 6.20 Å². The number of aromatic nitrogens is 3. The van der Waals surface area contributed by atoms with Crippen LogP contribution in [0.3, 0.4) is 0 Å². The second kappa shape index (κ2) is 5.44. The fourth-order valence-corrected chi connectivity index (χ4v) is 2.32. The van der Waals surface area contributed by atoms with Crippen LogP contribution in [0.25, 0.3) is 11.0 Å². The van der Waals surface area contributed by atoms with Crippen LogP contribution in [-0.4, -0.2) is 19.9 Å². The SMILES string of the molecule is Cc1cc(NCc2nc3c(C)cccc3[nH]2)ncc1[N+](=O)[O-]. The number of anilines is 1. The van der Waals surface area contributed by atoms with Gasteiger partial charge in [0.05, 0.1) is 22.5 Å². The summed E-state index contributed by atoms with van der Waals surface area (Å²) < 4.78 is 0.